The molecule has 4 nitrogen and oxygen atoms in total. The zero-order valence-corrected chi connectivity index (χ0v) is 11.4. The second kappa shape index (κ2) is 7.62. The molecule has 2 aliphatic heterocycles. The van der Waals surface area contributed by atoms with E-state index in [1.54, 1.807) is 0 Å². The number of carbonyl (C=O) groups is 1. The highest BCUT2D eigenvalue weighted by Gasteiger charge is 2.16. The maximum atomic E-state index is 12.0. The minimum atomic E-state index is 0.153. The van der Waals surface area contributed by atoms with Crippen molar-refractivity contribution in [1.82, 2.24) is 15.5 Å². The predicted octanol–water partition coefficient (Wildman–Crippen LogP) is 1.96. The Labute approximate surface area is 110 Å². The molecule has 0 aliphatic carbocycles. The predicted molar refractivity (Wildman–Crippen MR) is 73.7 cm³/mol. The standard InChI is InChI=1S/C14H27N3O/c18-14(17-10-3-1-2-4-11-17)16-9-7-13-6-5-8-15-12-13/h13,15H,1-12H2,(H,16,18). The van der Waals surface area contributed by atoms with Crippen LogP contribution in [0.4, 0.5) is 4.79 Å². The van der Waals surface area contributed by atoms with Gasteiger partial charge in [0, 0.05) is 19.6 Å². The van der Waals surface area contributed by atoms with E-state index in [9.17, 15) is 4.79 Å². The zero-order chi connectivity index (χ0) is 12.6. The Morgan fingerprint density at radius 3 is 2.61 bits per heavy atom. The molecular weight excluding hydrogens is 226 g/mol. The van der Waals surface area contributed by atoms with Crippen LogP contribution in [0.5, 0.6) is 0 Å². The van der Waals surface area contributed by atoms with E-state index in [1.165, 1.54) is 38.5 Å². The molecule has 0 saturated carbocycles. The van der Waals surface area contributed by atoms with Gasteiger partial charge in [0.1, 0.15) is 0 Å². The number of piperidine rings is 1. The Morgan fingerprint density at radius 2 is 1.94 bits per heavy atom. The normalized spacial score (nSPS) is 25.6. The Kier molecular flexibility index (Phi) is 5.78. The van der Waals surface area contributed by atoms with Crippen molar-refractivity contribution in [3.63, 3.8) is 0 Å². The third kappa shape index (κ3) is 4.48. The molecule has 0 aromatic heterocycles. The molecule has 0 aromatic rings. The molecule has 4 heteroatoms. The van der Waals surface area contributed by atoms with Crippen LogP contribution in [0.15, 0.2) is 0 Å². The van der Waals surface area contributed by atoms with Gasteiger partial charge in [0.25, 0.3) is 0 Å². The van der Waals surface area contributed by atoms with E-state index in [0.717, 1.165) is 45.1 Å². The van der Waals surface area contributed by atoms with Crippen LogP contribution in [-0.4, -0.2) is 43.7 Å². The molecule has 104 valence electrons. The zero-order valence-electron chi connectivity index (χ0n) is 11.4. The summed E-state index contributed by atoms with van der Waals surface area (Å²) in [6, 6.07) is 0.153. The van der Waals surface area contributed by atoms with E-state index in [-0.39, 0.29) is 6.03 Å². The first-order valence-corrected chi connectivity index (χ1v) is 7.60. The summed E-state index contributed by atoms with van der Waals surface area (Å²) in [5, 5.41) is 6.51. The van der Waals surface area contributed by atoms with Gasteiger partial charge in [-0.05, 0) is 51.1 Å². The minimum absolute atomic E-state index is 0.153. The maximum absolute atomic E-state index is 12.0. The molecule has 0 spiro atoms. The molecule has 1 unspecified atom stereocenters. The Hall–Kier alpha value is -0.770. The van der Waals surface area contributed by atoms with Crippen LogP contribution in [0.1, 0.15) is 44.9 Å². The second-order valence-electron chi connectivity index (χ2n) is 5.63. The monoisotopic (exact) mass is 253 g/mol. The first kappa shape index (κ1) is 13.7. The van der Waals surface area contributed by atoms with E-state index >= 15 is 0 Å². The molecule has 2 rings (SSSR count). The quantitative estimate of drug-likeness (QED) is 0.807. The molecule has 1 atom stereocenters. The topological polar surface area (TPSA) is 44.4 Å². The van der Waals surface area contributed by atoms with Crippen LogP contribution in [0.3, 0.4) is 0 Å². The lowest BCUT2D eigenvalue weighted by atomic mass is 9.96. The lowest BCUT2D eigenvalue weighted by molar-refractivity contribution is 0.198. The number of amides is 2. The van der Waals surface area contributed by atoms with Crippen molar-refractivity contribution >= 4 is 6.03 Å². The van der Waals surface area contributed by atoms with Gasteiger partial charge in [0.2, 0.25) is 0 Å². The van der Waals surface area contributed by atoms with Crippen molar-refractivity contribution in [2.24, 2.45) is 5.92 Å². The number of urea groups is 1. The molecule has 2 aliphatic rings. The largest absolute Gasteiger partial charge is 0.338 e. The molecule has 0 bridgehead atoms. The highest BCUT2D eigenvalue weighted by molar-refractivity contribution is 5.74. The maximum Gasteiger partial charge on any atom is 0.317 e. The highest BCUT2D eigenvalue weighted by atomic mass is 16.2. The summed E-state index contributed by atoms with van der Waals surface area (Å²) in [4.78, 5) is 14.0. The van der Waals surface area contributed by atoms with E-state index in [4.69, 9.17) is 0 Å². The average Bonchev–Trinajstić information content (AvgIpc) is 2.69. The van der Waals surface area contributed by atoms with Crippen LogP contribution in [0.2, 0.25) is 0 Å². The fraction of sp³-hybridized carbons (Fsp3) is 0.929. The van der Waals surface area contributed by atoms with E-state index in [1.807, 2.05) is 4.90 Å². The van der Waals surface area contributed by atoms with Crippen molar-refractivity contribution < 1.29 is 4.79 Å². The molecule has 0 radical (unpaired) electrons. The SMILES string of the molecule is O=C(NCCC1CCCNC1)N1CCCCCC1. The number of hydrogen-bond donors (Lipinski definition) is 2. The van der Waals surface area contributed by atoms with Crippen LogP contribution < -0.4 is 10.6 Å². The number of likely N-dealkylation sites (tertiary alicyclic amines) is 1. The van der Waals surface area contributed by atoms with E-state index < -0.39 is 0 Å². The molecular formula is C14H27N3O. The van der Waals surface area contributed by atoms with Crippen molar-refractivity contribution in [3.8, 4) is 0 Å². The molecule has 2 amide bonds. The average molecular weight is 253 g/mol. The van der Waals surface area contributed by atoms with Gasteiger partial charge < -0.3 is 15.5 Å². The molecule has 2 heterocycles. The summed E-state index contributed by atoms with van der Waals surface area (Å²) in [7, 11) is 0. The third-order valence-corrected chi connectivity index (χ3v) is 4.12. The summed E-state index contributed by atoms with van der Waals surface area (Å²) in [5.41, 5.74) is 0. The summed E-state index contributed by atoms with van der Waals surface area (Å²) in [6.45, 7) is 5.01. The van der Waals surface area contributed by atoms with E-state index in [2.05, 4.69) is 10.6 Å². The lowest BCUT2D eigenvalue weighted by Crippen LogP contribution is -2.41. The highest BCUT2D eigenvalue weighted by Crippen LogP contribution is 2.13. The summed E-state index contributed by atoms with van der Waals surface area (Å²) < 4.78 is 0. The Morgan fingerprint density at radius 1 is 1.17 bits per heavy atom. The van der Waals surface area contributed by atoms with Gasteiger partial charge in [-0.25, -0.2) is 4.79 Å². The minimum Gasteiger partial charge on any atom is -0.338 e. The van der Waals surface area contributed by atoms with Gasteiger partial charge in [0.15, 0.2) is 0 Å². The Balaban J connectivity index is 1.61. The van der Waals surface area contributed by atoms with Crippen LogP contribution in [-0.2, 0) is 0 Å². The van der Waals surface area contributed by atoms with Gasteiger partial charge in [-0.1, -0.05) is 12.8 Å². The van der Waals surface area contributed by atoms with Gasteiger partial charge in [-0.2, -0.15) is 0 Å². The second-order valence-corrected chi connectivity index (χ2v) is 5.63. The number of nitrogens with zero attached hydrogens (tertiary/aromatic N) is 1. The third-order valence-electron chi connectivity index (χ3n) is 4.12. The number of rotatable bonds is 3. The van der Waals surface area contributed by atoms with Crippen molar-refractivity contribution in [1.29, 1.82) is 0 Å². The van der Waals surface area contributed by atoms with Gasteiger partial charge >= 0.3 is 6.03 Å². The molecule has 2 N–H and O–H groups in total. The van der Waals surface area contributed by atoms with Crippen molar-refractivity contribution in [3.05, 3.63) is 0 Å². The number of carbonyl (C=O) groups excluding carboxylic acids is 1. The number of nitrogens with one attached hydrogen (secondary N) is 2. The first-order valence-electron chi connectivity index (χ1n) is 7.60. The van der Waals surface area contributed by atoms with Crippen molar-refractivity contribution in [2.45, 2.75) is 44.9 Å². The van der Waals surface area contributed by atoms with Gasteiger partial charge in [0.05, 0.1) is 0 Å². The van der Waals surface area contributed by atoms with Crippen LogP contribution in [0, 0.1) is 5.92 Å². The summed E-state index contributed by atoms with van der Waals surface area (Å²) >= 11 is 0. The van der Waals surface area contributed by atoms with Crippen LogP contribution >= 0.6 is 0 Å². The fourth-order valence-electron chi connectivity index (χ4n) is 2.94. The van der Waals surface area contributed by atoms with Crippen LogP contribution in [0.25, 0.3) is 0 Å². The summed E-state index contributed by atoms with van der Waals surface area (Å²) in [6.07, 6.45) is 8.60. The number of hydrogen-bond acceptors (Lipinski definition) is 2. The summed E-state index contributed by atoms with van der Waals surface area (Å²) in [5.74, 6) is 0.753. The first-order chi connectivity index (χ1) is 8.86. The molecule has 2 saturated heterocycles. The molecule has 0 aromatic carbocycles. The van der Waals surface area contributed by atoms with Gasteiger partial charge in [-0.3, -0.25) is 0 Å². The van der Waals surface area contributed by atoms with Gasteiger partial charge in [-0.15, -0.1) is 0 Å². The smallest absolute Gasteiger partial charge is 0.317 e. The van der Waals surface area contributed by atoms with E-state index in [0.29, 0.717) is 0 Å². The molecule has 2 fully saturated rings. The van der Waals surface area contributed by atoms with Crippen molar-refractivity contribution in [2.75, 3.05) is 32.7 Å². The fourth-order valence-corrected chi connectivity index (χ4v) is 2.94. The molecule has 18 heavy (non-hydrogen) atoms. The Bertz CT molecular complexity index is 243. The lowest BCUT2D eigenvalue weighted by Gasteiger charge is -2.24.